The van der Waals surface area contributed by atoms with Crippen LogP contribution in [0.5, 0.6) is 0 Å². The summed E-state index contributed by atoms with van der Waals surface area (Å²) in [6.07, 6.45) is 5.65. The molecular formula is C28H26Cl2N2O4. The molecule has 4 atom stereocenters. The van der Waals surface area contributed by atoms with E-state index in [0.29, 0.717) is 27.7 Å². The first kappa shape index (κ1) is 24.6. The molecule has 2 aliphatic heterocycles. The summed E-state index contributed by atoms with van der Waals surface area (Å²) in [5.41, 5.74) is 1.52. The van der Waals surface area contributed by atoms with Crippen LogP contribution >= 0.6 is 23.2 Å². The summed E-state index contributed by atoms with van der Waals surface area (Å²) >= 11 is 12.8. The van der Waals surface area contributed by atoms with Gasteiger partial charge in [-0.2, -0.15) is 0 Å². The smallest absolute Gasteiger partial charge is 0.421 e. The highest BCUT2D eigenvalue weighted by molar-refractivity contribution is 6.32. The molecule has 0 saturated carbocycles. The van der Waals surface area contributed by atoms with Gasteiger partial charge in [-0.15, -0.1) is 0 Å². The van der Waals surface area contributed by atoms with Crippen LogP contribution in [0.15, 0.2) is 65.7 Å². The third kappa shape index (κ3) is 3.84. The van der Waals surface area contributed by atoms with E-state index in [0.717, 1.165) is 16.0 Å². The maximum absolute atomic E-state index is 14.6. The maximum atomic E-state index is 14.6. The van der Waals surface area contributed by atoms with Crippen molar-refractivity contribution in [3.05, 3.63) is 87.4 Å². The number of aryl methyl sites for hydroxylation is 1. The molecule has 6 nitrogen and oxygen atoms in total. The fourth-order valence-corrected chi connectivity index (χ4v) is 6.41. The lowest BCUT2D eigenvalue weighted by atomic mass is 9.57. The molecule has 2 heterocycles. The first-order chi connectivity index (χ1) is 17.3. The van der Waals surface area contributed by atoms with E-state index < -0.39 is 29.4 Å². The molecule has 0 bridgehead atoms. The fourth-order valence-electron chi connectivity index (χ4n) is 6.00. The second-order valence-corrected chi connectivity index (χ2v) is 10.3. The van der Waals surface area contributed by atoms with Crippen molar-refractivity contribution in [2.24, 2.45) is 11.8 Å². The highest BCUT2D eigenvalue weighted by Crippen LogP contribution is 2.59. The second-order valence-electron chi connectivity index (χ2n) is 9.45. The Balaban J connectivity index is 1.80. The van der Waals surface area contributed by atoms with Gasteiger partial charge in [-0.3, -0.25) is 9.59 Å². The minimum Gasteiger partial charge on any atom is -0.449 e. The van der Waals surface area contributed by atoms with Crippen molar-refractivity contribution in [1.29, 1.82) is 0 Å². The number of nitrogens with one attached hydrogen (secondary N) is 1. The van der Waals surface area contributed by atoms with Crippen LogP contribution in [-0.2, 0) is 19.7 Å². The summed E-state index contributed by atoms with van der Waals surface area (Å²) in [5.74, 6) is -1.26. The quantitative estimate of drug-likeness (QED) is 0.536. The number of hydrogen-bond donors (Lipinski definition) is 1. The van der Waals surface area contributed by atoms with Crippen LogP contribution in [0.2, 0.25) is 5.02 Å². The van der Waals surface area contributed by atoms with Crippen molar-refractivity contribution in [2.45, 2.75) is 38.1 Å². The monoisotopic (exact) mass is 524 g/mol. The molecule has 1 fully saturated rings. The number of halogens is 2. The molecule has 0 radical (unpaired) electrons. The lowest BCUT2D eigenvalue weighted by Gasteiger charge is -2.49. The zero-order valence-corrected chi connectivity index (χ0v) is 21.5. The lowest BCUT2D eigenvalue weighted by molar-refractivity contribution is -0.136. The summed E-state index contributed by atoms with van der Waals surface area (Å²) in [6, 6.07) is 12.1. The molecule has 3 amide bonds. The molecule has 3 aliphatic rings. The SMILES string of the molecule is CCOC(=O)N1C(=O)[C@]2(c3ccc(Cl)cc31)[C@H](c1cccc(C)c1)NC(=O)C[C@H]2C1C=C(Cl)C=CC1. The van der Waals surface area contributed by atoms with Crippen molar-refractivity contribution < 1.29 is 19.1 Å². The Labute approximate surface area is 219 Å². The van der Waals surface area contributed by atoms with Crippen LogP contribution in [0, 0.1) is 18.8 Å². The predicted octanol–water partition coefficient (Wildman–Crippen LogP) is 5.97. The van der Waals surface area contributed by atoms with E-state index in [1.165, 1.54) is 0 Å². The number of anilines is 1. The first-order valence-corrected chi connectivity index (χ1v) is 12.7. The predicted molar refractivity (Wildman–Crippen MR) is 139 cm³/mol. The molecule has 1 saturated heterocycles. The highest BCUT2D eigenvalue weighted by Gasteiger charge is 2.65. The largest absolute Gasteiger partial charge is 0.449 e. The van der Waals surface area contributed by atoms with E-state index in [9.17, 15) is 14.4 Å². The Bertz CT molecular complexity index is 1320. The molecule has 36 heavy (non-hydrogen) atoms. The Morgan fingerprint density at radius 3 is 2.72 bits per heavy atom. The van der Waals surface area contributed by atoms with Crippen LogP contribution in [-0.4, -0.2) is 24.5 Å². The minimum absolute atomic E-state index is 0.103. The van der Waals surface area contributed by atoms with Gasteiger partial charge >= 0.3 is 6.09 Å². The number of nitrogens with zero attached hydrogens (tertiary/aromatic N) is 1. The number of carbonyl (C=O) groups excluding carboxylic acids is 3. The van der Waals surface area contributed by atoms with Gasteiger partial charge in [-0.05, 0) is 61.4 Å². The maximum Gasteiger partial charge on any atom is 0.421 e. The molecule has 8 heteroatoms. The van der Waals surface area contributed by atoms with E-state index in [1.807, 2.05) is 49.4 Å². The summed E-state index contributed by atoms with van der Waals surface area (Å²) in [5, 5.41) is 4.05. The number of benzene rings is 2. The topological polar surface area (TPSA) is 75.7 Å². The third-order valence-corrected chi connectivity index (χ3v) is 7.84. The average molecular weight is 525 g/mol. The van der Waals surface area contributed by atoms with Crippen molar-refractivity contribution in [3.8, 4) is 0 Å². The van der Waals surface area contributed by atoms with E-state index in [2.05, 4.69) is 5.32 Å². The summed E-state index contributed by atoms with van der Waals surface area (Å²) in [4.78, 5) is 42.1. The van der Waals surface area contributed by atoms with E-state index in [1.54, 1.807) is 25.1 Å². The number of fused-ring (bicyclic) bond motifs is 2. The van der Waals surface area contributed by atoms with Crippen molar-refractivity contribution >= 4 is 46.8 Å². The molecule has 1 unspecified atom stereocenters. The Morgan fingerprint density at radius 2 is 2.00 bits per heavy atom. The number of ether oxygens (including phenoxy) is 1. The van der Waals surface area contributed by atoms with E-state index >= 15 is 0 Å². The molecule has 2 aromatic carbocycles. The van der Waals surface area contributed by atoms with Gasteiger partial charge in [0.1, 0.15) is 5.41 Å². The molecule has 5 rings (SSSR count). The van der Waals surface area contributed by atoms with Crippen LogP contribution in [0.1, 0.15) is 42.5 Å². The van der Waals surface area contributed by atoms with Gasteiger partial charge in [0.05, 0.1) is 18.3 Å². The number of imide groups is 1. The molecule has 0 aromatic heterocycles. The minimum atomic E-state index is -1.28. The van der Waals surface area contributed by atoms with Crippen LogP contribution in [0.4, 0.5) is 10.5 Å². The van der Waals surface area contributed by atoms with Gasteiger partial charge in [-0.1, -0.05) is 71.2 Å². The average Bonchev–Trinajstić information content (AvgIpc) is 3.08. The number of carbonyl (C=O) groups is 3. The molecule has 1 N–H and O–H groups in total. The van der Waals surface area contributed by atoms with Gasteiger partial charge in [0.25, 0.3) is 0 Å². The molecule has 1 aliphatic carbocycles. The zero-order valence-electron chi connectivity index (χ0n) is 20.0. The third-order valence-electron chi connectivity index (χ3n) is 7.36. The van der Waals surface area contributed by atoms with E-state index in [-0.39, 0.29) is 24.9 Å². The van der Waals surface area contributed by atoms with Crippen LogP contribution < -0.4 is 10.2 Å². The summed E-state index contributed by atoms with van der Waals surface area (Å²) < 4.78 is 5.30. The van der Waals surface area contributed by atoms with Gasteiger partial charge < -0.3 is 10.1 Å². The normalized spacial score (nSPS) is 27.1. The van der Waals surface area contributed by atoms with Crippen molar-refractivity contribution in [2.75, 3.05) is 11.5 Å². The van der Waals surface area contributed by atoms with Gasteiger partial charge in [0.15, 0.2) is 0 Å². The standard InChI is InChI=1S/C28H26Cl2N2O4/c1-3-36-27(35)32-23-14-20(30)10-11-21(23)28(26(32)34)22(17-7-5-9-19(29)13-17)15-24(33)31-25(28)18-8-4-6-16(2)12-18/h4-6,8-14,17,22,25H,3,7,15H2,1-2H3,(H,31,33)/t17?,22-,25-,28-/m0/s1. The molecule has 1 spiro atoms. The summed E-state index contributed by atoms with van der Waals surface area (Å²) in [7, 11) is 0. The zero-order chi connectivity index (χ0) is 25.6. The number of allylic oxidation sites excluding steroid dienone is 4. The number of rotatable bonds is 3. The van der Waals surface area contributed by atoms with Crippen molar-refractivity contribution in [3.63, 3.8) is 0 Å². The Morgan fingerprint density at radius 1 is 1.19 bits per heavy atom. The van der Waals surface area contributed by atoms with Gasteiger partial charge in [0.2, 0.25) is 11.8 Å². The van der Waals surface area contributed by atoms with Gasteiger partial charge in [0, 0.05) is 16.5 Å². The first-order valence-electron chi connectivity index (χ1n) is 12.0. The second kappa shape index (κ2) is 9.41. The van der Waals surface area contributed by atoms with Gasteiger partial charge in [-0.25, -0.2) is 9.69 Å². The lowest BCUT2D eigenvalue weighted by Crippen LogP contribution is -2.61. The van der Waals surface area contributed by atoms with Crippen LogP contribution in [0.25, 0.3) is 0 Å². The van der Waals surface area contributed by atoms with E-state index in [4.69, 9.17) is 27.9 Å². The number of hydrogen-bond acceptors (Lipinski definition) is 4. The number of piperidine rings is 1. The fraction of sp³-hybridized carbons (Fsp3) is 0.321. The molecule has 2 aromatic rings. The van der Waals surface area contributed by atoms with Crippen molar-refractivity contribution in [1.82, 2.24) is 5.32 Å². The van der Waals surface area contributed by atoms with Crippen LogP contribution in [0.3, 0.4) is 0 Å². The highest BCUT2D eigenvalue weighted by atomic mass is 35.5. The Hall–Kier alpha value is -3.09. The summed E-state index contributed by atoms with van der Waals surface area (Å²) in [6.45, 7) is 3.76. The molecular weight excluding hydrogens is 499 g/mol. The Kier molecular flexibility index (Phi) is 6.43. The number of amides is 3. The molecule has 186 valence electrons.